The molecule has 4 rings (SSSR count). The smallest absolute Gasteiger partial charge is 0.326 e. The van der Waals surface area contributed by atoms with Gasteiger partial charge in [0.1, 0.15) is 11.9 Å². The number of benzene rings is 1. The molecule has 2 aliphatic rings. The summed E-state index contributed by atoms with van der Waals surface area (Å²) in [5.41, 5.74) is 2.84. The molecule has 4 N–H and O–H groups in total. The summed E-state index contributed by atoms with van der Waals surface area (Å²) in [4.78, 5) is 28.6. The Morgan fingerprint density at radius 3 is 2.74 bits per heavy atom. The SMILES string of the molecule is O=C(O)C(CCO[C@H]1C[C@H](CCc2ccc3c(n2)NCCC3)C1)NC(=O)[C@@H](O)c1ccccc1. The number of carboxylic acids is 1. The molecule has 0 spiro atoms. The summed E-state index contributed by atoms with van der Waals surface area (Å²) in [6.45, 7) is 1.24. The molecule has 1 aromatic heterocycles. The fraction of sp³-hybridized carbons (Fsp3) is 0.500. The maximum absolute atomic E-state index is 12.3. The predicted molar refractivity (Wildman–Crippen MR) is 127 cm³/mol. The molecular formula is C26H33N3O5. The van der Waals surface area contributed by atoms with Crippen molar-refractivity contribution in [2.24, 2.45) is 5.92 Å². The zero-order valence-electron chi connectivity index (χ0n) is 19.3. The highest BCUT2D eigenvalue weighted by Gasteiger charge is 2.30. The van der Waals surface area contributed by atoms with E-state index < -0.39 is 24.0 Å². The molecule has 2 heterocycles. The van der Waals surface area contributed by atoms with E-state index in [9.17, 15) is 19.8 Å². The van der Waals surface area contributed by atoms with E-state index in [1.54, 1.807) is 30.3 Å². The summed E-state index contributed by atoms with van der Waals surface area (Å²) in [5, 5.41) is 25.4. The Kier molecular flexibility index (Phi) is 8.13. The van der Waals surface area contributed by atoms with Crippen molar-refractivity contribution in [1.29, 1.82) is 0 Å². The van der Waals surface area contributed by atoms with Gasteiger partial charge in [-0.15, -0.1) is 0 Å². The number of aliphatic hydroxyl groups is 1. The van der Waals surface area contributed by atoms with Gasteiger partial charge in [0.05, 0.1) is 6.10 Å². The lowest BCUT2D eigenvalue weighted by molar-refractivity contribution is -0.144. The number of ether oxygens (including phenoxy) is 1. The number of hydrogen-bond donors (Lipinski definition) is 4. The summed E-state index contributed by atoms with van der Waals surface area (Å²) in [6.07, 6.45) is 5.06. The first-order valence-corrected chi connectivity index (χ1v) is 12.1. The summed E-state index contributed by atoms with van der Waals surface area (Å²) < 4.78 is 5.84. The molecule has 2 atom stereocenters. The molecule has 1 aromatic carbocycles. The van der Waals surface area contributed by atoms with E-state index in [4.69, 9.17) is 9.72 Å². The predicted octanol–water partition coefficient (Wildman–Crippen LogP) is 2.86. The number of amides is 1. The molecule has 0 saturated heterocycles. The minimum Gasteiger partial charge on any atom is -0.480 e. The Hall–Kier alpha value is -2.97. The van der Waals surface area contributed by atoms with Crippen molar-refractivity contribution < 1.29 is 24.5 Å². The minimum absolute atomic E-state index is 0.128. The fourth-order valence-electron chi connectivity index (χ4n) is 4.55. The minimum atomic E-state index is -1.41. The number of aryl methyl sites for hydroxylation is 2. The second kappa shape index (κ2) is 11.4. The number of aliphatic hydroxyl groups excluding tert-OH is 1. The maximum atomic E-state index is 12.3. The van der Waals surface area contributed by atoms with Gasteiger partial charge in [0.15, 0.2) is 6.10 Å². The first-order valence-electron chi connectivity index (χ1n) is 12.1. The van der Waals surface area contributed by atoms with Crippen LogP contribution in [0.5, 0.6) is 0 Å². The quantitative estimate of drug-likeness (QED) is 0.401. The summed E-state index contributed by atoms with van der Waals surface area (Å²) in [7, 11) is 0. The first kappa shape index (κ1) is 24.2. The van der Waals surface area contributed by atoms with Gasteiger partial charge < -0.3 is 25.6 Å². The number of carbonyl (C=O) groups excluding carboxylic acids is 1. The van der Waals surface area contributed by atoms with E-state index in [-0.39, 0.29) is 19.1 Å². The highest BCUT2D eigenvalue weighted by Crippen LogP contribution is 2.34. The average Bonchev–Trinajstić information content (AvgIpc) is 2.83. The molecule has 8 nitrogen and oxygen atoms in total. The highest BCUT2D eigenvalue weighted by molar-refractivity contribution is 5.86. The zero-order valence-corrected chi connectivity index (χ0v) is 19.3. The number of anilines is 1. The number of aromatic nitrogens is 1. The topological polar surface area (TPSA) is 121 Å². The van der Waals surface area contributed by atoms with Crippen LogP contribution in [-0.2, 0) is 27.2 Å². The first-order chi connectivity index (χ1) is 16.5. The molecule has 1 saturated carbocycles. The molecule has 34 heavy (non-hydrogen) atoms. The van der Waals surface area contributed by atoms with Crippen LogP contribution in [0.1, 0.15) is 55.0 Å². The van der Waals surface area contributed by atoms with Gasteiger partial charge in [-0.3, -0.25) is 4.79 Å². The van der Waals surface area contributed by atoms with Crippen LogP contribution in [-0.4, -0.2) is 52.4 Å². The Labute approximate surface area is 199 Å². The molecule has 1 amide bonds. The number of nitrogens with zero attached hydrogens (tertiary/aromatic N) is 1. The van der Waals surface area contributed by atoms with Crippen molar-refractivity contribution in [3.8, 4) is 0 Å². The monoisotopic (exact) mass is 467 g/mol. The number of rotatable bonds is 11. The van der Waals surface area contributed by atoms with E-state index in [0.717, 1.165) is 56.6 Å². The molecule has 0 radical (unpaired) electrons. The van der Waals surface area contributed by atoms with Crippen LogP contribution < -0.4 is 10.6 Å². The number of pyridine rings is 1. The second-order valence-electron chi connectivity index (χ2n) is 9.21. The Balaban J connectivity index is 1.14. The molecule has 1 aliphatic carbocycles. The molecule has 2 aromatic rings. The van der Waals surface area contributed by atoms with Crippen molar-refractivity contribution in [3.05, 3.63) is 59.3 Å². The van der Waals surface area contributed by atoms with Gasteiger partial charge in [0.2, 0.25) is 0 Å². The lowest BCUT2D eigenvalue weighted by atomic mass is 9.79. The molecule has 8 heteroatoms. The van der Waals surface area contributed by atoms with Gasteiger partial charge in [-0.2, -0.15) is 0 Å². The Morgan fingerprint density at radius 1 is 1.18 bits per heavy atom. The molecule has 1 unspecified atom stereocenters. The summed E-state index contributed by atoms with van der Waals surface area (Å²) >= 11 is 0. The number of fused-ring (bicyclic) bond motifs is 1. The molecule has 1 fully saturated rings. The van der Waals surface area contributed by atoms with Gasteiger partial charge in [-0.1, -0.05) is 36.4 Å². The van der Waals surface area contributed by atoms with Gasteiger partial charge in [0.25, 0.3) is 5.91 Å². The Bertz CT molecular complexity index is 978. The van der Waals surface area contributed by atoms with Crippen LogP contribution in [0.15, 0.2) is 42.5 Å². The largest absolute Gasteiger partial charge is 0.480 e. The number of aliphatic carboxylic acids is 1. The van der Waals surface area contributed by atoms with Gasteiger partial charge in [0, 0.05) is 25.3 Å². The van der Waals surface area contributed by atoms with Crippen molar-refractivity contribution in [3.63, 3.8) is 0 Å². The molecule has 182 valence electrons. The number of nitrogens with one attached hydrogen (secondary N) is 2. The Morgan fingerprint density at radius 2 is 1.97 bits per heavy atom. The number of carbonyl (C=O) groups is 2. The third-order valence-corrected chi connectivity index (χ3v) is 6.69. The van der Waals surface area contributed by atoms with E-state index in [1.165, 1.54) is 5.56 Å². The average molecular weight is 468 g/mol. The fourth-order valence-corrected chi connectivity index (χ4v) is 4.55. The van der Waals surface area contributed by atoms with E-state index in [1.807, 2.05) is 0 Å². The third-order valence-electron chi connectivity index (χ3n) is 6.69. The van der Waals surface area contributed by atoms with E-state index >= 15 is 0 Å². The highest BCUT2D eigenvalue weighted by atomic mass is 16.5. The molecule has 1 aliphatic heterocycles. The zero-order chi connectivity index (χ0) is 23.9. The van der Waals surface area contributed by atoms with Crippen molar-refractivity contribution in [2.75, 3.05) is 18.5 Å². The van der Waals surface area contributed by atoms with E-state index in [0.29, 0.717) is 11.5 Å². The van der Waals surface area contributed by atoms with Crippen molar-refractivity contribution in [2.45, 2.75) is 63.2 Å². The van der Waals surface area contributed by atoms with Crippen molar-refractivity contribution in [1.82, 2.24) is 10.3 Å². The normalized spacial score (nSPS) is 20.9. The summed E-state index contributed by atoms with van der Waals surface area (Å²) in [6, 6.07) is 11.6. The van der Waals surface area contributed by atoms with Crippen LogP contribution in [0.2, 0.25) is 0 Å². The van der Waals surface area contributed by atoms with E-state index in [2.05, 4.69) is 22.8 Å². The third kappa shape index (κ3) is 6.33. The molecule has 0 bridgehead atoms. The van der Waals surface area contributed by atoms with Crippen LogP contribution in [0.4, 0.5) is 5.82 Å². The summed E-state index contributed by atoms with van der Waals surface area (Å²) in [5.74, 6) is -0.245. The second-order valence-corrected chi connectivity index (χ2v) is 9.21. The van der Waals surface area contributed by atoms with Gasteiger partial charge in [-0.25, -0.2) is 9.78 Å². The van der Waals surface area contributed by atoms with Crippen LogP contribution in [0.25, 0.3) is 0 Å². The van der Waals surface area contributed by atoms with Gasteiger partial charge in [-0.05, 0) is 61.6 Å². The maximum Gasteiger partial charge on any atom is 0.326 e. The number of hydrogen-bond acceptors (Lipinski definition) is 6. The standard InChI is InChI=1S/C26H33N3O5/c30-23(18-5-2-1-3-6-18)25(31)29-22(26(32)33)12-14-34-21-15-17(16-21)8-10-20-11-9-19-7-4-13-27-24(19)28-20/h1-3,5-6,9,11,17,21-23,30H,4,7-8,10,12-16H2,(H,27,28)(H,29,31)(H,32,33)/t17-,21-,22?,23-/m0/s1. The lowest BCUT2D eigenvalue weighted by Gasteiger charge is -2.35. The molecular weight excluding hydrogens is 434 g/mol. The van der Waals surface area contributed by atoms with Crippen LogP contribution >= 0.6 is 0 Å². The number of carboxylic acid groups (broad SMARTS) is 1. The van der Waals surface area contributed by atoms with Gasteiger partial charge >= 0.3 is 5.97 Å². The van der Waals surface area contributed by atoms with Crippen LogP contribution in [0.3, 0.4) is 0 Å². The lowest BCUT2D eigenvalue weighted by Crippen LogP contribution is -2.44. The van der Waals surface area contributed by atoms with Crippen molar-refractivity contribution >= 4 is 17.7 Å². The van der Waals surface area contributed by atoms with Crippen LogP contribution in [0, 0.1) is 5.92 Å².